The van der Waals surface area contributed by atoms with Gasteiger partial charge in [0, 0.05) is 12.1 Å². The molecule has 0 atom stereocenters. The van der Waals surface area contributed by atoms with Gasteiger partial charge in [-0.05, 0) is 25.0 Å². The third-order valence-electron chi connectivity index (χ3n) is 1.70. The largest absolute Gasteiger partial charge is 0.269 e. The van der Waals surface area contributed by atoms with Crippen LogP contribution in [0, 0.1) is 24.0 Å². The van der Waals surface area contributed by atoms with Crippen molar-refractivity contribution in [3.05, 3.63) is 39.4 Å². The van der Waals surface area contributed by atoms with Gasteiger partial charge in [0.2, 0.25) is 0 Å². The van der Waals surface area contributed by atoms with Crippen molar-refractivity contribution in [2.45, 2.75) is 55.4 Å². The van der Waals surface area contributed by atoms with E-state index in [-0.39, 0.29) is 10.6 Å². The van der Waals surface area contributed by atoms with Crippen molar-refractivity contribution in [1.29, 1.82) is 0 Å². The quantitative estimate of drug-likeness (QED) is 0.495. The molecule has 0 aliphatic carbocycles. The smallest absolute Gasteiger partial charge is 0.258 e. The number of hydrogen-bond acceptors (Lipinski definition) is 2. The van der Waals surface area contributed by atoms with Crippen LogP contribution in [0.5, 0.6) is 0 Å². The van der Waals surface area contributed by atoms with E-state index in [0.717, 1.165) is 11.1 Å². The lowest BCUT2D eigenvalue weighted by Crippen LogP contribution is -1.89. The summed E-state index contributed by atoms with van der Waals surface area (Å²) in [6.45, 7) is 15.8. The molecule has 0 amide bonds. The maximum atomic E-state index is 10.3. The number of nitrogens with zero attached hydrogens (tertiary/aromatic N) is 1. The topological polar surface area (TPSA) is 43.1 Å². The van der Waals surface area contributed by atoms with Crippen LogP contribution >= 0.6 is 0 Å². The van der Waals surface area contributed by atoms with Crippen LogP contribution in [0.3, 0.4) is 0 Å². The van der Waals surface area contributed by atoms with E-state index < -0.39 is 0 Å². The summed E-state index contributed by atoms with van der Waals surface area (Å²) in [5, 5.41) is 10.3. The molecular weight excluding hydrogens is 214 g/mol. The van der Waals surface area contributed by atoms with E-state index in [1.54, 1.807) is 12.1 Å². The Kier molecular flexibility index (Phi) is 18.0. The minimum Gasteiger partial charge on any atom is -0.258 e. The van der Waals surface area contributed by atoms with Crippen LogP contribution < -0.4 is 0 Å². The molecule has 0 aliphatic heterocycles. The van der Waals surface area contributed by atoms with Gasteiger partial charge in [-0.15, -0.1) is 0 Å². The number of rotatable bonds is 1. The van der Waals surface area contributed by atoms with Crippen LogP contribution in [0.25, 0.3) is 0 Å². The predicted molar refractivity (Wildman–Crippen MR) is 76.6 cm³/mol. The van der Waals surface area contributed by atoms with E-state index in [1.165, 1.54) is 6.07 Å². The summed E-state index contributed by atoms with van der Waals surface area (Å²) in [5.41, 5.74) is 2.20. The number of nitro groups is 1. The second-order valence-corrected chi connectivity index (χ2v) is 2.53. The van der Waals surface area contributed by atoms with E-state index in [0.29, 0.717) is 0 Å². The van der Waals surface area contributed by atoms with Gasteiger partial charge in [0.15, 0.2) is 0 Å². The predicted octanol–water partition coefficient (Wildman–Crippen LogP) is 5.29. The summed E-state index contributed by atoms with van der Waals surface area (Å²) < 4.78 is 0. The van der Waals surface area contributed by atoms with E-state index in [1.807, 2.05) is 55.4 Å². The first kappa shape index (κ1) is 21.0. The summed E-state index contributed by atoms with van der Waals surface area (Å²) in [6, 6.07) is 4.85. The van der Waals surface area contributed by atoms with Crippen LogP contribution in [-0.2, 0) is 0 Å². The van der Waals surface area contributed by atoms with Crippen molar-refractivity contribution < 1.29 is 4.92 Å². The molecule has 0 unspecified atom stereocenters. The zero-order chi connectivity index (χ0) is 14.4. The Bertz CT molecular complexity index is 296. The van der Waals surface area contributed by atoms with Crippen LogP contribution in [0.1, 0.15) is 52.7 Å². The highest BCUT2D eigenvalue weighted by Crippen LogP contribution is 2.15. The third-order valence-corrected chi connectivity index (χ3v) is 1.70. The van der Waals surface area contributed by atoms with Gasteiger partial charge in [-0.25, -0.2) is 0 Å². The Morgan fingerprint density at radius 2 is 1.29 bits per heavy atom. The zero-order valence-corrected chi connectivity index (χ0v) is 12.5. The minimum atomic E-state index is -0.382. The van der Waals surface area contributed by atoms with E-state index >= 15 is 0 Å². The summed E-state index contributed by atoms with van der Waals surface area (Å²) in [4.78, 5) is 9.89. The third kappa shape index (κ3) is 9.54. The van der Waals surface area contributed by atoms with Crippen LogP contribution in [-0.4, -0.2) is 4.92 Å². The molecule has 100 valence electrons. The van der Waals surface area contributed by atoms with Crippen LogP contribution in [0.2, 0.25) is 0 Å². The molecule has 0 bridgehead atoms. The molecule has 0 N–H and O–H groups in total. The van der Waals surface area contributed by atoms with Crippen LogP contribution in [0.15, 0.2) is 18.2 Å². The molecule has 0 saturated carbocycles. The molecule has 1 aromatic carbocycles. The lowest BCUT2D eigenvalue weighted by Gasteiger charge is -1.97. The molecule has 1 rings (SSSR count). The molecule has 0 saturated heterocycles. The Labute approximate surface area is 106 Å². The average Bonchev–Trinajstić information content (AvgIpc) is 2.39. The highest BCUT2D eigenvalue weighted by molar-refractivity contribution is 5.38. The molecule has 3 heteroatoms. The van der Waals surface area contributed by atoms with Crippen molar-refractivity contribution in [3.8, 4) is 0 Å². The molecule has 17 heavy (non-hydrogen) atoms. The highest BCUT2D eigenvalue weighted by Gasteiger charge is 2.04. The number of nitro benzene ring substituents is 1. The lowest BCUT2D eigenvalue weighted by molar-refractivity contribution is -0.384. The van der Waals surface area contributed by atoms with Gasteiger partial charge in [-0.3, -0.25) is 10.1 Å². The molecular formula is C14H27NO2. The molecule has 0 heterocycles. The number of aryl methyl sites for hydroxylation is 2. The van der Waals surface area contributed by atoms with E-state index in [4.69, 9.17) is 0 Å². The van der Waals surface area contributed by atoms with E-state index in [2.05, 4.69) is 0 Å². The zero-order valence-electron chi connectivity index (χ0n) is 12.5. The normalized spacial score (nSPS) is 7.29. The summed E-state index contributed by atoms with van der Waals surface area (Å²) >= 11 is 0. The first-order valence-corrected chi connectivity index (χ1v) is 6.33. The summed E-state index contributed by atoms with van der Waals surface area (Å²) in [7, 11) is 0. The maximum absolute atomic E-state index is 10.3. The Morgan fingerprint density at radius 3 is 1.59 bits per heavy atom. The Morgan fingerprint density at radius 1 is 0.882 bits per heavy atom. The fourth-order valence-electron chi connectivity index (χ4n) is 0.839. The van der Waals surface area contributed by atoms with Crippen molar-refractivity contribution in [1.82, 2.24) is 0 Å². The summed E-state index contributed by atoms with van der Waals surface area (Å²) in [5.74, 6) is 0. The molecule has 1 aromatic rings. The van der Waals surface area contributed by atoms with Gasteiger partial charge in [-0.2, -0.15) is 0 Å². The second kappa shape index (κ2) is 14.6. The number of hydrogen-bond donors (Lipinski definition) is 0. The fraction of sp³-hybridized carbons (Fsp3) is 0.571. The van der Waals surface area contributed by atoms with E-state index in [9.17, 15) is 10.1 Å². The lowest BCUT2D eigenvalue weighted by atomic mass is 10.1. The van der Waals surface area contributed by atoms with Gasteiger partial charge in [0.25, 0.3) is 5.69 Å². The van der Waals surface area contributed by atoms with Gasteiger partial charge >= 0.3 is 0 Å². The minimum absolute atomic E-state index is 0.160. The van der Waals surface area contributed by atoms with Crippen molar-refractivity contribution in [2.75, 3.05) is 0 Å². The molecule has 0 radical (unpaired) electrons. The molecule has 0 spiro atoms. The Balaban J connectivity index is -0.000000285. The summed E-state index contributed by atoms with van der Waals surface area (Å²) in [6.07, 6.45) is 0. The van der Waals surface area contributed by atoms with Crippen LogP contribution in [0.4, 0.5) is 5.69 Å². The number of non-ortho nitro benzene ring substituents is 1. The Hall–Kier alpha value is -1.38. The highest BCUT2D eigenvalue weighted by atomic mass is 16.6. The van der Waals surface area contributed by atoms with Crippen molar-refractivity contribution >= 4 is 5.69 Å². The van der Waals surface area contributed by atoms with Crippen molar-refractivity contribution in [3.63, 3.8) is 0 Å². The fourth-order valence-corrected chi connectivity index (χ4v) is 0.839. The monoisotopic (exact) mass is 241 g/mol. The second-order valence-electron chi connectivity index (χ2n) is 2.53. The molecule has 3 nitrogen and oxygen atoms in total. The molecule has 0 fully saturated rings. The van der Waals surface area contributed by atoms with Gasteiger partial charge < -0.3 is 0 Å². The van der Waals surface area contributed by atoms with Gasteiger partial charge in [0.05, 0.1) is 4.92 Å². The van der Waals surface area contributed by atoms with Gasteiger partial charge in [-0.1, -0.05) is 47.6 Å². The first-order valence-electron chi connectivity index (χ1n) is 6.33. The molecule has 0 aromatic heterocycles. The van der Waals surface area contributed by atoms with Gasteiger partial charge in [0.1, 0.15) is 0 Å². The standard InChI is InChI=1S/C8H9NO2.3C2H6/c1-6-3-4-8(9(10)11)5-7(6)2;3*1-2/h3-5H,1-2H3;3*1-2H3. The first-order chi connectivity index (χ1) is 8.11. The molecule has 0 aliphatic rings. The average molecular weight is 241 g/mol. The van der Waals surface area contributed by atoms with Crippen molar-refractivity contribution in [2.24, 2.45) is 0 Å². The maximum Gasteiger partial charge on any atom is 0.269 e. The SMILES string of the molecule is CC.CC.CC.Cc1ccc([N+](=O)[O-])cc1C. The number of benzene rings is 1.